The zero-order chi connectivity index (χ0) is 23.3. The minimum Gasteiger partial charge on any atom is -0.488 e. The summed E-state index contributed by atoms with van der Waals surface area (Å²) in [7, 11) is 1.47. The van der Waals surface area contributed by atoms with E-state index in [0.29, 0.717) is 15.6 Å². The lowest BCUT2D eigenvalue weighted by Gasteiger charge is -2.13. The number of aromatic nitrogens is 1. The predicted octanol–water partition coefficient (Wildman–Crippen LogP) is 4.62. The van der Waals surface area contributed by atoms with Gasteiger partial charge in [-0.2, -0.15) is 5.26 Å². The Morgan fingerprint density at radius 2 is 1.97 bits per heavy atom. The van der Waals surface area contributed by atoms with Gasteiger partial charge in [-0.15, -0.1) is 0 Å². The monoisotopic (exact) mass is 474 g/mol. The number of methoxy groups -OCH3 is 1. The van der Waals surface area contributed by atoms with Crippen LogP contribution in [0.3, 0.4) is 0 Å². The van der Waals surface area contributed by atoms with Gasteiger partial charge in [0.25, 0.3) is 5.56 Å². The molecule has 2 aromatic carbocycles. The molecule has 3 rings (SSSR count). The van der Waals surface area contributed by atoms with Crippen molar-refractivity contribution in [2.24, 2.45) is 0 Å². The molecule has 0 radical (unpaired) electrons. The molecule has 0 aliphatic carbocycles. The van der Waals surface area contributed by atoms with Gasteiger partial charge in [0, 0.05) is 41.0 Å². The van der Waals surface area contributed by atoms with E-state index in [2.05, 4.69) is 0 Å². The van der Waals surface area contributed by atoms with E-state index in [4.69, 9.17) is 32.7 Å². The molecule has 164 valence electrons. The van der Waals surface area contributed by atoms with Crippen LogP contribution in [0.25, 0.3) is 0 Å². The number of carbonyl (C=O) groups excluding carboxylic acids is 1. The lowest BCUT2D eigenvalue weighted by molar-refractivity contribution is 0.103. The van der Waals surface area contributed by atoms with Crippen molar-refractivity contribution in [3.8, 4) is 11.8 Å². The van der Waals surface area contributed by atoms with Crippen LogP contribution in [0.1, 0.15) is 27.0 Å². The van der Waals surface area contributed by atoms with Crippen molar-refractivity contribution in [2.45, 2.75) is 13.2 Å². The Hall–Kier alpha value is -3.18. The number of carbonyl (C=O) groups is 1. The van der Waals surface area contributed by atoms with Crippen LogP contribution in [0.5, 0.6) is 5.75 Å². The second-order valence-electron chi connectivity index (χ2n) is 6.74. The molecule has 0 saturated heterocycles. The van der Waals surface area contributed by atoms with Gasteiger partial charge in [0.05, 0.1) is 12.2 Å². The molecule has 0 saturated carbocycles. The molecule has 32 heavy (non-hydrogen) atoms. The predicted molar refractivity (Wildman–Crippen MR) is 118 cm³/mol. The van der Waals surface area contributed by atoms with Crippen LogP contribution in [-0.2, 0) is 17.9 Å². The number of halogens is 3. The first-order valence-corrected chi connectivity index (χ1v) is 10.1. The number of ether oxygens (including phenoxy) is 2. The number of ketones is 1. The highest BCUT2D eigenvalue weighted by molar-refractivity contribution is 6.35. The van der Waals surface area contributed by atoms with Crippen LogP contribution in [0.4, 0.5) is 4.39 Å². The SMILES string of the molecule is COCCn1cc(C(=O)c2cc(F)ccc2OCc2ccc(Cl)cc2Cl)cc(C#N)c1=O. The summed E-state index contributed by atoms with van der Waals surface area (Å²) < 4.78 is 25.9. The summed E-state index contributed by atoms with van der Waals surface area (Å²) in [5.41, 5.74) is -0.153. The van der Waals surface area contributed by atoms with Crippen LogP contribution >= 0.6 is 23.2 Å². The maximum absolute atomic E-state index is 14.0. The Balaban J connectivity index is 1.97. The minimum atomic E-state index is -0.640. The van der Waals surface area contributed by atoms with E-state index in [1.807, 2.05) is 0 Å². The van der Waals surface area contributed by atoms with Crippen molar-refractivity contribution in [2.75, 3.05) is 13.7 Å². The number of hydrogen-bond acceptors (Lipinski definition) is 5. The van der Waals surface area contributed by atoms with Gasteiger partial charge in [-0.1, -0.05) is 29.3 Å². The highest BCUT2D eigenvalue weighted by atomic mass is 35.5. The topological polar surface area (TPSA) is 81.3 Å². The Bertz CT molecular complexity index is 1270. The quantitative estimate of drug-likeness (QED) is 0.444. The van der Waals surface area contributed by atoms with E-state index in [1.165, 1.54) is 30.0 Å². The molecule has 0 amide bonds. The summed E-state index contributed by atoms with van der Waals surface area (Å²) in [5.74, 6) is -1.13. The van der Waals surface area contributed by atoms with Crippen molar-refractivity contribution >= 4 is 29.0 Å². The smallest absolute Gasteiger partial charge is 0.268 e. The molecule has 0 bridgehead atoms. The summed E-state index contributed by atoms with van der Waals surface area (Å²) in [6, 6.07) is 11.4. The molecule has 0 atom stereocenters. The summed E-state index contributed by atoms with van der Waals surface area (Å²) in [5, 5.41) is 10.1. The number of rotatable bonds is 8. The third-order valence-corrected chi connectivity index (χ3v) is 5.18. The lowest BCUT2D eigenvalue weighted by Crippen LogP contribution is -2.25. The largest absolute Gasteiger partial charge is 0.488 e. The third-order valence-electron chi connectivity index (χ3n) is 4.59. The highest BCUT2D eigenvalue weighted by Crippen LogP contribution is 2.26. The van der Waals surface area contributed by atoms with Gasteiger partial charge in [0.2, 0.25) is 0 Å². The van der Waals surface area contributed by atoms with Crippen molar-refractivity contribution in [3.05, 3.63) is 97.1 Å². The van der Waals surface area contributed by atoms with Crippen LogP contribution in [-0.4, -0.2) is 24.1 Å². The van der Waals surface area contributed by atoms with Gasteiger partial charge >= 0.3 is 0 Å². The second kappa shape index (κ2) is 10.4. The molecule has 0 aliphatic rings. The van der Waals surface area contributed by atoms with E-state index in [9.17, 15) is 19.2 Å². The molecular formula is C23H17Cl2FN2O4. The Morgan fingerprint density at radius 1 is 1.19 bits per heavy atom. The van der Waals surface area contributed by atoms with E-state index < -0.39 is 17.2 Å². The van der Waals surface area contributed by atoms with Gasteiger partial charge in [-0.05, 0) is 36.4 Å². The second-order valence-corrected chi connectivity index (χ2v) is 7.58. The van der Waals surface area contributed by atoms with Crippen LogP contribution in [0.2, 0.25) is 10.0 Å². The molecule has 9 heteroatoms. The lowest BCUT2D eigenvalue weighted by atomic mass is 10.0. The minimum absolute atomic E-state index is 0.0126. The third kappa shape index (κ3) is 5.35. The highest BCUT2D eigenvalue weighted by Gasteiger charge is 2.19. The maximum atomic E-state index is 14.0. The number of nitrogens with zero attached hydrogens (tertiary/aromatic N) is 2. The standard InChI is InChI=1S/C23H17Cl2FN2O4/c1-31-7-6-28-12-16(8-15(11-27)23(28)30)22(29)19-10-18(26)4-5-21(19)32-13-14-2-3-17(24)9-20(14)25/h2-5,8-10,12H,6-7,13H2,1H3. The average Bonchev–Trinajstić information content (AvgIpc) is 2.78. The number of benzene rings is 2. The fraction of sp³-hybridized carbons (Fsp3) is 0.174. The molecule has 3 aromatic rings. The van der Waals surface area contributed by atoms with Gasteiger partial charge in [0.1, 0.15) is 29.8 Å². The summed E-state index contributed by atoms with van der Waals surface area (Å²) in [4.78, 5) is 25.5. The molecular weight excluding hydrogens is 458 g/mol. The van der Waals surface area contributed by atoms with Crippen molar-refractivity contribution < 1.29 is 18.7 Å². The van der Waals surface area contributed by atoms with Gasteiger partial charge in [-0.3, -0.25) is 9.59 Å². The van der Waals surface area contributed by atoms with Crippen LogP contribution < -0.4 is 10.3 Å². The normalized spacial score (nSPS) is 10.6. The summed E-state index contributed by atoms with van der Waals surface area (Å²) in [6.45, 7) is 0.365. The fourth-order valence-electron chi connectivity index (χ4n) is 2.95. The summed E-state index contributed by atoms with van der Waals surface area (Å²) >= 11 is 12.1. The number of nitriles is 1. The van der Waals surface area contributed by atoms with E-state index in [-0.39, 0.29) is 42.2 Å². The van der Waals surface area contributed by atoms with Gasteiger partial charge in [0.15, 0.2) is 5.78 Å². The number of pyridine rings is 1. The molecule has 0 unspecified atom stereocenters. The van der Waals surface area contributed by atoms with E-state index >= 15 is 0 Å². The molecule has 0 aliphatic heterocycles. The Kier molecular flexibility index (Phi) is 7.65. The van der Waals surface area contributed by atoms with Crippen LogP contribution in [0, 0.1) is 17.1 Å². The van der Waals surface area contributed by atoms with E-state index in [0.717, 1.165) is 12.1 Å². The molecule has 1 heterocycles. The zero-order valence-electron chi connectivity index (χ0n) is 16.9. The molecule has 6 nitrogen and oxygen atoms in total. The Morgan fingerprint density at radius 3 is 2.66 bits per heavy atom. The first-order chi connectivity index (χ1) is 15.3. The van der Waals surface area contributed by atoms with Crippen molar-refractivity contribution in [1.29, 1.82) is 5.26 Å². The molecule has 0 N–H and O–H groups in total. The molecule has 0 fully saturated rings. The van der Waals surface area contributed by atoms with Crippen molar-refractivity contribution in [3.63, 3.8) is 0 Å². The molecule has 0 spiro atoms. The van der Waals surface area contributed by atoms with Gasteiger partial charge < -0.3 is 14.0 Å². The average molecular weight is 475 g/mol. The molecule has 1 aromatic heterocycles. The van der Waals surface area contributed by atoms with Gasteiger partial charge in [-0.25, -0.2) is 4.39 Å². The van der Waals surface area contributed by atoms with Crippen LogP contribution in [0.15, 0.2) is 53.5 Å². The summed E-state index contributed by atoms with van der Waals surface area (Å²) in [6.07, 6.45) is 1.31. The first-order valence-electron chi connectivity index (χ1n) is 9.38. The fourth-order valence-corrected chi connectivity index (χ4v) is 3.41. The van der Waals surface area contributed by atoms with Crippen molar-refractivity contribution in [1.82, 2.24) is 4.57 Å². The van der Waals surface area contributed by atoms with E-state index in [1.54, 1.807) is 24.3 Å². The zero-order valence-corrected chi connectivity index (χ0v) is 18.4. The Labute approximate surface area is 193 Å². The first kappa shape index (κ1) is 23.5. The number of hydrogen-bond donors (Lipinski definition) is 0. The maximum Gasteiger partial charge on any atom is 0.268 e.